The molecule has 1 aliphatic heterocycles. The zero-order valence-electron chi connectivity index (χ0n) is 17.1. The predicted molar refractivity (Wildman–Crippen MR) is 103 cm³/mol. The zero-order valence-corrected chi connectivity index (χ0v) is 17.1. The maximum absolute atomic E-state index is 12.2. The minimum atomic E-state index is -0.250. The predicted octanol–water partition coefficient (Wildman–Crippen LogP) is 1.18. The third-order valence-electron chi connectivity index (χ3n) is 4.68. The Labute approximate surface area is 165 Å². The lowest BCUT2D eigenvalue weighted by molar-refractivity contribution is -0.123. The number of carbonyl (C=O) groups is 3. The number of nitrogens with zero attached hydrogens (tertiary/aromatic N) is 2. The molecule has 2 atom stereocenters. The monoisotopic (exact) mass is 396 g/mol. The van der Waals surface area contributed by atoms with Gasteiger partial charge in [-0.15, -0.1) is 0 Å². The van der Waals surface area contributed by atoms with Crippen LogP contribution in [0.15, 0.2) is 10.6 Å². The molecule has 3 N–H and O–H groups in total. The van der Waals surface area contributed by atoms with Crippen molar-refractivity contribution in [3.8, 4) is 0 Å². The molecule has 1 aliphatic rings. The second-order valence-corrected chi connectivity index (χ2v) is 7.46. The van der Waals surface area contributed by atoms with Crippen LogP contribution in [-0.4, -0.2) is 59.1 Å². The summed E-state index contributed by atoms with van der Waals surface area (Å²) in [6, 6.07) is 2.42. The van der Waals surface area contributed by atoms with Gasteiger partial charge in [0.25, 0.3) is 6.47 Å². The molecule has 2 rings (SSSR count). The summed E-state index contributed by atoms with van der Waals surface area (Å²) < 4.78 is 5.26. The van der Waals surface area contributed by atoms with Crippen LogP contribution in [0.1, 0.15) is 51.5 Å². The number of carboxylic acid groups (broad SMARTS) is 1. The standard InChI is InChI=1S/C18H30N4O3.CH2O2/c1-12(2)7-14-8-17(25-21-14)11-20-18(24)9-15-5-6-16(22(15)4)10-19-13(3)23;2-1-3/h8,12,15-16H,5-7,9-11H2,1-4H3,(H,19,23)(H,20,24);1H,(H,2,3)/t15-,16+;/m0./s1. The van der Waals surface area contributed by atoms with Crippen molar-refractivity contribution in [2.24, 2.45) is 5.92 Å². The lowest BCUT2D eigenvalue weighted by Crippen LogP contribution is -2.41. The number of amides is 2. The third kappa shape index (κ3) is 8.51. The van der Waals surface area contributed by atoms with Crippen LogP contribution >= 0.6 is 0 Å². The van der Waals surface area contributed by atoms with E-state index in [4.69, 9.17) is 14.4 Å². The van der Waals surface area contributed by atoms with Gasteiger partial charge >= 0.3 is 0 Å². The first-order chi connectivity index (χ1) is 13.3. The van der Waals surface area contributed by atoms with Crippen molar-refractivity contribution in [2.75, 3.05) is 13.6 Å². The van der Waals surface area contributed by atoms with Crippen LogP contribution in [0, 0.1) is 5.92 Å². The molecule has 158 valence electrons. The minimum Gasteiger partial charge on any atom is -0.483 e. The molecule has 0 aliphatic carbocycles. The van der Waals surface area contributed by atoms with E-state index in [1.165, 1.54) is 6.92 Å². The van der Waals surface area contributed by atoms with Gasteiger partial charge < -0.3 is 20.3 Å². The summed E-state index contributed by atoms with van der Waals surface area (Å²) in [7, 11) is 2.02. The molecule has 0 unspecified atom stereocenters. The van der Waals surface area contributed by atoms with Crippen LogP contribution in [0.25, 0.3) is 0 Å². The van der Waals surface area contributed by atoms with Gasteiger partial charge in [-0.1, -0.05) is 19.0 Å². The van der Waals surface area contributed by atoms with Crippen LogP contribution in [0.3, 0.4) is 0 Å². The average Bonchev–Trinajstić information content (AvgIpc) is 3.19. The van der Waals surface area contributed by atoms with Gasteiger partial charge in [0, 0.05) is 38.0 Å². The first-order valence-electron chi connectivity index (χ1n) is 9.52. The highest BCUT2D eigenvalue weighted by Crippen LogP contribution is 2.24. The van der Waals surface area contributed by atoms with Crippen LogP contribution < -0.4 is 10.6 Å². The normalized spacial score (nSPS) is 19.0. The number of carbonyl (C=O) groups excluding carboxylic acids is 2. The Morgan fingerprint density at radius 3 is 2.61 bits per heavy atom. The summed E-state index contributed by atoms with van der Waals surface area (Å²) in [5, 5.41) is 16.7. The van der Waals surface area contributed by atoms with E-state index < -0.39 is 0 Å². The molecular formula is C19H32N4O5. The molecule has 0 radical (unpaired) electrons. The molecular weight excluding hydrogens is 364 g/mol. The van der Waals surface area contributed by atoms with Gasteiger partial charge in [0.2, 0.25) is 11.8 Å². The molecule has 9 nitrogen and oxygen atoms in total. The first-order valence-corrected chi connectivity index (χ1v) is 9.52. The maximum Gasteiger partial charge on any atom is 0.290 e. The molecule has 0 bridgehead atoms. The van der Waals surface area contributed by atoms with E-state index in [0.717, 1.165) is 25.0 Å². The van der Waals surface area contributed by atoms with Crippen LogP contribution in [0.5, 0.6) is 0 Å². The number of hydrogen-bond donors (Lipinski definition) is 3. The van der Waals surface area contributed by atoms with E-state index in [-0.39, 0.29) is 24.3 Å². The van der Waals surface area contributed by atoms with Crippen LogP contribution in [-0.2, 0) is 27.3 Å². The first kappa shape index (κ1) is 23.6. The summed E-state index contributed by atoms with van der Waals surface area (Å²) in [5.41, 5.74) is 0.926. The summed E-state index contributed by atoms with van der Waals surface area (Å²) in [6.45, 7) is 6.55. The molecule has 1 aromatic rings. The lowest BCUT2D eigenvalue weighted by Gasteiger charge is -2.25. The fraction of sp³-hybridized carbons (Fsp3) is 0.684. The van der Waals surface area contributed by atoms with Crippen molar-refractivity contribution >= 4 is 18.3 Å². The molecule has 1 saturated heterocycles. The van der Waals surface area contributed by atoms with Gasteiger partial charge in [-0.25, -0.2) is 0 Å². The van der Waals surface area contributed by atoms with Crippen LogP contribution in [0.2, 0.25) is 0 Å². The van der Waals surface area contributed by atoms with Crippen molar-refractivity contribution in [2.45, 2.75) is 65.1 Å². The van der Waals surface area contributed by atoms with Gasteiger partial charge in [0.15, 0.2) is 5.76 Å². The van der Waals surface area contributed by atoms with Crippen molar-refractivity contribution in [3.05, 3.63) is 17.5 Å². The smallest absolute Gasteiger partial charge is 0.290 e. The Hall–Kier alpha value is -2.42. The zero-order chi connectivity index (χ0) is 21.1. The highest BCUT2D eigenvalue weighted by atomic mass is 16.5. The third-order valence-corrected chi connectivity index (χ3v) is 4.68. The fourth-order valence-electron chi connectivity index (χ4n) is 3.27. The second kappa shape index (κ2) is 12.1. The molecule has 0 aromatic carbocycles. The second-order valence-electron chi connectivity index (χ2n) is 7.46. The molecule has 2 heterocycles. The number of nitrogens with one attached hydrogen (secondary N) is 2. The average molecular weight is 396 g/mol. The van der Waals surface area contributed by atoms with Crippen LogP contribution in [0.4, 0.5) is 0 Å². The molecule has 0 spiro atoms. The molecule has 28 heavy (non-hydrogen) atoms. The number of aromatic nitrogens is 1. The summed E-state index contributed by atoms with van der Waals surface area (Å²) in [4.78, 5) is 33.8. The van der Waals surface area contributed by atoms with Gasteiger partial charge in [-0.05, 0) is 32.2 Å². The Bertz CT molecular complexity index is 632. The summed E-state index contributed by atoms with van der Waals surface area (Å²) in [5.74, 6) is 1.21. The molecule has 1 aromatic heterocycles. The number of hydrogen-bond acceptors (Lipinski definition) is 6. The van der Waals surface area contributed by atoms with Crippen molar-refractivity contribution in [3.63, 3.8) is 0 Å². The molecule has 0 saturated carbocycles. The van der Waals surface area contributed by atoms with E-state index in [2.05, 4.69) is 34.5 Å². The van der Waals surface area contributed by atoms with Gasteiger partial charge in [-0.3, -0.25) is 19.3 Å². The fourth-order valence-corrected chi connectivity index (χ4v) is 3.27. The molecule has 1 fully saturated rings. The van der Waals surface area contributed by atoms with Gasteiger partial charge in [0.1, 0.15) is 0 Å². The lowest BCUT2D eigenvalue weighted by atomic mass is 10.1. The van der Waals surface area contributed by atoms with E-state index in [1.807, 2.05) is 13.1 Å². The largest absolute Gasteiger partial charge is 0.483 e. The van der Waals surface area contributed by atoms with E-state index in [1.54, 1.807) is 0 Å². The van der Waals surface area contributed by atoms with Gasteiger partial charge in [0.05, 0.1) is 12.2 Å². The summed E-state index contributed by atoms with van der Waals surface area (Å²) in [6.07, 6.45) is 3.30. The Morgan fingerprint density at radius 2 is 2.00 bits per heavy atom. The Morgan fingerprint density at radius 1 is 1.36 bits per heavy atom. The molecule has 9 heteroatoms. The minimum absolute atomic E-state index is 0.0128. The van der Waals surface area contributed by atoms with E-state index >= 15 is 0 Å². The van der Waals surface area contributed by atoms with E-state index in [9.17, 15) is 9.59 Å². The molecule has 2 amide bonds. The van der Waals surface area contributed by atoms with Crippen molar-refractivity contribution in [1.29, 1.82) is 0 Å². The highest BCUT2D eigenvalue weighted by molar-refractivity contribution is 5.76. The Balaban J connectivity index is 0.00000122. The maximum atomic E-state index is 12.2. The van der Waals surface area contributed by atoms with Gasteiger partial charge in [-0.2, -0.15) is 0 Å². The van der Waals surface area contributed by atoms with Crippen molar-refractivity contribution < 1.29 is 24.0 Å². The number of rotatable bonds is 8. The van der Waals surface area contributed by atoms with Crippen molar-refractivity contribution in [1.82, 2.24) is 20.7 Å². The Kier molecular flexibility index (Phi) is 10.2. The summed E-state index contributed by atoms with van der Waals surface area (Å²) >= 11 is 0. The highest BCUT2D eigenvalue weighted by Gasteiger charge is 2.31. The number of likely N-dealkylation sites (N-methyl/N-ethyl adjacent to an activating group) is 1. The topological polar surface area (TPSA) is 125 Å². The quantitative estimate of drug-likeness (QED) is 0.564. The SMILES string of the molecule is CC(=O)NC[C@H]1CC[C@@H](CC(=O)NCc2cc(CC(C)C)no2)N1C.O=CO. The number of likely N-dealkylation sites (tertiary alicyclic amines) is 1. The van der Waals surface area contributed by atoms with E-state index in [0.29, 0.717) is 37.2 Å².